The van der Waals surface area contributed by atoms with Crippen LogP contribution in [0.4, 0.5) is 11.5 Å². The second-order valence-electron chi connectivity index (χ2n) is 12.5. The minimum Gasteiger partial charge on any atom is -0.496 e. The molecule has 2 aromatic heterocycles. The van der Waals surface area contributed by atoms with Gasteiger partial charge in [-0.05, 0) is 68.3 Å². The van der Waals surface area contributed by atoms with Crippen LogP contribution in [0, 0.1) is 6.92 Å². The average molecular weight is 651 g/mol. The van der Waals surface area contributed by atoms with E-state index in [0.29, 0.717) is 65.4 Å². The highest BCUT2D eigenvalue weighted by molar-refractivity contribution is 7.93. The molecule has 3 aliphatic heterocycles. The summed E-state index contributed by atoms with van der Waals surface area (Å²) in [5.74, 6) is 0.633. The molecule has 1 aromatic carbocycles. The molecule has 2 fully saturated rings. The predicted molar refractivity (Wildman–Crippen MR) is 177 cm³/mol. The van der Waals surface area contributed by atoms with Crippen LogP contribution in [0.5, 0.6) is 5.75 Å². The second kappa shape index (κ2) is 13.0. The summed E-state index contributed by atoms with van der Waals surface area (Å²) < 4.78 is 40.4. The third kappa shape index (κ3) is 6.23. The van der Waals surface area contributed by atoms with Gasteiger partial charge in [0.15, 0.2) is 0 Å². The van der Waals surface area contributed by atoms with Crippen LogP contribution in [0.25, 0.3) is 11.1 Å². The van der Waals surface area contributed by atoms with Gasteiger partial charge in [-0.15, -0.1) is 0 Å². The van der Waals surface area contributed by atoms with E-state index in [2.05, 4.69) is 27.1 Å². The first-order chi connectivity index (χ1) is 22.1. The zero-order valence-electron chi connectivity index (χ0n) is 26.8. The molecule has 0 bridgehead atoms. The molecule has 1 atom stereocenters. The Morgan fingerprint density at radius 3 is 2.52 bits per heavy atom. The van der Waals surface area contributed by atoms with Crippen molar-refractivity contribution in [2.24, 2.45) is 0 Å². The quantitative estimate of drug-likeness (QED) is 0.377. The van der Waals surface area contributed by atoms with E-state index in [0.717, 1.165) is 37.6 Å². The number of methoxy groups -OCH3 is 1. The first kappa shape index (κ1) is 32.0. The molecule has 6 rings (SSSR count). The molecule has 5 heterocycles. The van der Waals surface area contributed by atoms with Crippen LogP contribution < -0.4 is 24.8 Å². The van der Waals surface area contributed by atoms with Gasteiger partial charge in [0.25, 0.3) is 11.5 Å². The zero-order chi connectivity index (χ0) is 32.6. The molecule has 3 aromatic rings. The van der Waals surface area contributed by atoms with E-state index in [-0.39, 0.29) is 24.6 Å². The van der Waals surface area contributed by atoms with Gasteiger partial charge in [0.1, 0.15) is 11.6 Å². The van der Waals surface area contributed by atoms with Crippen molar-refractivity contribution in [1.29, 1.82) is 0 Å². The molecule has 0 spiro atoms. The van der Waals surface area contributed by atoms with Crippen LogP contribution >= 0.6 is 0 Å². The van der Waals surface area contributed by atoms with Gasteiger partial charge in [0.2, 0.25) is 10.0 Å². The number of hydrogen-bond acceptors (Lipinski definition) is 9. The molecule has 0 radical (unpaired) electrons. The number of sulfonamides is 1. The molecule has 1 unspecified atom stereocenters. The lowest BCUT2D eigenvalue weighted by atomic mass is 9.93. The highest BCUT2D eigenvalue weighted by atomic mass is 32.2. The number of aromatic nitrogens is 2. The summed E-state index contributed by atoms with van der Waals surface area (Å²) in [4.78, 5) is 38.7. The van der Waals surface area contributed by atoms with Gasteiger partial charge in [-0.2, -0.15) is 0 Å². The van der Waals surface area contributed by atoms with Crippen molar-refractivity contribution in [2.45, 2.75) is 44.4 Å². The van der Waals surface area contributed by atoms with Crippen LogP contribution in [0.2, 0.25) is 0 Å². The summed E-state index contributed by atoms with van der Waals surface area (Å²) in [7, 11) is -0.127. The van der Waals surface area contributed by atoms with Crippen molar-refractivity contribution in [2.75, 3.05) is 69.3 Å². The summed E-state index contributed by atoms with van der Waals surface area (Å²) in [6.07, 6.45) is 2.64. The van der Waals surface area contributed by atoms with E-state index in [1.807, 2.05) is 25.1 Å². The first-order valence-corrected chi connectivity index (χ1v) is 17.3. The largest absolute Gasteiger partial charge is 0.496 e. The number of pyridine rings is 2. The summed E-state index contributed by atoms with van der Waals surface area (Å²) in [5, 5.41) is 2.35. The van der Waals surface area contributed by atoms with Gasteiger partial charge in [0, 0.05) is 74.9 Å². The molecule has 2 saturated heterocycles. The smallest absolute Gasteiger partial charge is 0.256 e. The third-order valence-electron chi connectivity index (χ3n) is 9.28. The fourth-order valence-electron chi connectivity index (χ4n) is 6.63. The molecule has 2 N–H and O–H groups in total. The van der Waals surface area contributed by atoms with Crippen molar-refractivity contribution >= 4 is 27.4 Å². The van der Waals surface area contributed by atoms with Gasteiger partial charge in [-0.25, -0.2) is 13.4 Å². The maximum atomic E-state index is 14.0. The number of nitrogens with one attached hydrogen (secondary N) is 2. The Morgan fingerprint density at radius 2 is 1.85 bits per heavy atom. The van der Waals surface area contributed by atoms with E-state index < -0.39 is 21.2 Å². The number of nitrogens with zero attached hydrogens (tertiary/aromatic N) is 4. The number of aromatic amines is 1. The number of piperazine rings is 1. The van der Waals surface area contributed by atoms with E-state index in [4.69, 9.17) is 14.5 Å². The van der Waals surface area contributed by atoms with Crippen LogP contribution in [-0.4, -0.2) is 94.5 Å². The van der Waals surface area contributed by atoms with E-state index in [1.165, 1.54) is 11.4 Å². The number of carbonyl (C=O) groups excluding carboxylic acids is 1. The summed E-state index contributed by atoms with van der Waals surface area (Å²) in [6, 6.07) is 9.32. The predicted octanol–water partition coefficient (Wildman–Crippen LogP) is 2.87. The highest BCUT2D eigenvalue weighted by Crippen LogP contribution is 2.44. The second-order valence-corrected chi connectivity index (χ2v) is 14.6. The van der Waals surface area contributed by atoms with Crippen molar-refractivity contribution < 1.29 is 22.7 Å². The van der Waals surface area contributed by atoms with Gasteiger partial charge >= 0.3 is 0 Å². The number of benzene rings is 1. The number of carbonyl (C=O) groups is 1. The molecule has 12 nitrogen and oxygen atoms in total. The number of rotatable bonds is 8. The minimum absolute atomic E-state index is 0.0592. The van der Waals surface area contributed by atoms with Crippen molar-refractivity contribution in [3.05, 3.63) is 69.3 Å². The number of amides is 1. The number of H-pyrrole nitrogens is 1. The molecule has 0 aliphatic carbocycles. The highest BCUT2D eigenvalue weighted by Gasteiger charge is 2.41. The number of anilines is 2. The van der Waals surface area contributed by atoms with Gasteiger partial charge in [0.05, 0.1) is 30.2 Å². The summed E-state index contributed by atoms with van der Waals surface area (Å²) in [5.41, 5.74) is 3.62. The lowest BCUT2D eigenvalue weighted by molar-refractivity contribution is 0.0949. The fourth-order valence-corrected chi connectivity index (χ4v) is 8.63. The number of ether oxygens (including phenoxy) is 2. The molecule has 13 heteroatoms. The topological polar surface area (TPSA) is 137 Å². The maximum Gasteiger partial charge on any atom is 0.256 e. The lowest BCUT2D eigenvalue weighted by Gasteiger charge is -2.33. The minimum atomic E-state index is -3.72. The van der Waals surface area contributed by atoms with Gasteiger partial charge in [-0.1, -0.05) is 6.92 Å². The van der Waals surface area contributed by atoms with Crippen molar-refractivity contribution in [3.63, 3.8) is 0 Å². The normalized spacial score (nSPS) is 19.3. The Kier molecular flexibility index (Phi) is 9.08. The number of fused-ring (bicyclic) bond motifs is 1. The molecular formula is C33H42N6O6S. The van der Waals surface area contributed by atoms with E-state index >= 15 is 0 Å². The summed E-state index contributed by atoms with van der Waals surface area (Å²) >= 11 is 0. The fraction of sp³-hybridized carbons (Fsp3) is 0.485. The molecule has 0 saturated carbocycles. The lowest BCUT2D eigenvalue weighted by Crippen LogP contribution is -2.44. The summed E-state index contributed by atoms with van der Waals surface area (Å²) in [6.45, 7) is 8.38. The first-order valence-electron chi connectivity index (χ1n) is 15.8. The number of likely N-dealkylation sites (N-methyl/N-ethyl adjacent to an activating group) is 1. The van der Waals surface area contributed by atoms with Gasteiger partial charge < -0.3 is 29.6 Å². The van der Waals surface area contributed by atoms with Crippen molar-refractivity contribution in [1.82, 2.24) is 20.2 Å². The van der Waals surface area contributed by atoms with Crippen LogP contribution in [0.1, 0.15) is 52.9 Å². The van der Waals surface area contributed by atoms with Crippen LogP contribution in [0.3, 0.4) is 0 Å². The van der Waals surface area contributed by atoms with Gasteiger partial charge in [-0.3, -0.25) is 13.9 Å². The molecule has 46 heavy (non-hydrogen) atoms. The Bertz CT molecular complexity index is 1760. The maximum absolute atomic E-state index is 14.0. The Morgan fingerprint density at radius 1 is 1.11 bits per heavy atom. The SMILES string of the molecule is COc1cc(C)[nH]c(=O)c1CNC(=O)c1cc(-c2ccc(N3CCN(C)CC3)nc2)cc2c1C(C)CN2S(=O)(=O)C1CCOCC1. The van der Waals surface area contributed by atoms with E-state index in [1.54, 1.807) is 25.3 Å². The monoisotopic (exact) mass is 650 g/mol. The number of hydrogen-bond donors (Lipinski definition) is 2. The average Bonchev–Trinajstić information content (AvgIpc) is 3.41. The third-order valence-corrected chi connectivity index (χ3v) is 11.6. The van der Waals surface area contributed by atoms with E-state index in [9.17, 15) is 18.0 Å². The van der Waals surface area contributed by atoms with Crippen LogP contribution in [0.15, 0.2) is 41.3 Å². The Hall–Kier alpha value is -3.94. The van der Waals surface area contributed by atoms with Crippen LogP contribution in [-0.2, 0) is 21.3 Å². The Labute approximate surface area is 269 Å². The number of aryl methyl sites for hydroxylation is 1. The molecule has 1 amide bonds. The van der Waals surface area contributed by atoms with Crippen molar-refractivity contribution in [3.8, 4) is 16.9 Å². The molecule has 246 valence electrons. The Balaban J connectivity index is 1.38. The molecule has 3 aliphatic rings. The zero-order valence-corrected chi connectivity index (χ0v) is 27.7. The standard InChI is InChI=1S/C33H42N6O6S/c1-21-20-39(46(42,43)25-7-13-45-14-8-25)28-17-24(23-5-6-30(34-18-23)38-11-9-37(3)10-12-38)16-26(31(21)28)32(40)35-19-27-29(44-4)15-22(2)36-33(27)41/h5-6,15-18,21,25H,7-14,19-20H2,1-4H3,(H,35,40)(H,36,41). The molecular weight excluding hydrogens is 608 g/mol.